The van der Waals surface area contributed by atoms with Gasteiger partial charge in [-0.2, -0.15) is 0 Å². The summed E-state index contributed by atoms with van der Waals surface area (Å²) in [6.45, 7) is 6.42. The fourth-order valence-corrected chi connectivity index (χ4v) is 0.681. The summed E-state index contributed by atoms with van der Waals surface area (Å²) >= 11 is 0. The van der Waals surface area contributed by atoms with Crippen LogP contribution in [0.2, 0.25) is 0 Å². The number of rotatable bonds is 6. The zero-order chi connectivity index (χ0) is 11.8. The van der Waals surface area contributed by atoms with Gasteiger partial charge in [-0.15, -0.1) is 0 Å². The molecule has 1 atom stereocenters. The topological polar surface area (TPSA) is 76.0 Å². The number of ether oxygens (including phenoxy) is 2. The summed E-state index contributed by atoms with van der Waals surface area (Å²) < 4.78 is 9.50. The van der Waals surface area contributed by atoms with Crippen molar-refractivity contribution in [3.63, 3.8) is 0 Å². The Labute approximate surface area is 88.6 Å². The average Bonchev–Trinajstić information content (AvgIpc) is 2.10. The minimum atomic E-state index is -1.20. The number of carbonyl (C=O) groups excluding carboxylic acids is 1. The number of esters is 1. The van der Waals surface area contributed by atoms with Crippen molar-refractivity contribution in [2.45, 2.75) is 20.1 Å². The first-order chi connectivity index (χ1) is 6.93. The minimum Gasteiger partial charge on any atom is -0.513 e. The molecule has 0 spiro atoms. The van der Waals surface area contributed by atoms with Gasteiger partial charge < -0.3 is 19.7 Å². The predicted molar refractivity (Wildman–Crippen MR) is 54.1 cm³/mol. The number of hydrogen-bond donors (Lipinski definition) is 2. The number of carbonyl (C=O) groups is 1. The first kappa shape index (κ1) is 13.7. The smallest absolute Gasteiger partial charge is 0.333 e. The van der Waals surface area contributed by atoms with E-state index >= 15 is 0 Å². The molecule has 0 saturated carbocycles. The molecule has 0 aliphatic rings. The predicted octanol–water partition coefficient (Wildman–Crippen LogP) is 0.902. The first-order valence-corrected chi connectivity index (χ1v) is 4.43. The van der Waals surface area contributed by atoms with Crippen LogP contribution < -0.4 is 0 Å². The molecule has 86 valence electrons. The van der Waals surface area contributed by atoms with Crippen molar-refractivity contribution in [3.05, 3.63) is 24.0 Å². The molecule has 0 aliphatic carbocycles. The maximum absolute atomic E-state index is 10.9. The van der Waals surface area contributed by atoms with Gasteiger partial charge in [0.05, 0.1) is 12.4 Å². The molecule has 0 rings (SSSR count). The molecular formula is C10H16O5. The molecule has 5 nitrogen and oxygen atoms in total. The Balaban J connectivity index is 3.59. The van der Waals surface area contributed by atoms with Gasteiger partial charge in [0.25, 0.3) is 0 Å². The normalized spacial score (nSPS) is 13.4. The highest BCUT2D eigenvalue weighted by Crippen LogP contribution is 1.95. The molecule has 0 fully saturated rings. The monoisotopic (exact) mass is 216 g/mol. The van der Waals surface area contributed by atoms with Crippen molar-refractivity contribution in [1.29, 1.82) is 0 Å². The van der Waals surface area contributed by atoms with Gasteiger partial charge in [0.2, 0.25) is 0 Å². The Morgan fingerprint density at radius 2 is 2.07 bits per heavy atom. The van der Waals surface area contributed by atoms with Gasteiger partial charge in [0.1, 0.15) is 6.61 Å². The molecule has 1 unspecified atom stereocenters. The quantitative estimate of drug-likeness (QED) is 0.227. The number of allylic oxidation sites excluding steroid dienone is 1. The third-order valence-electron chi connectivity index (χ3n) is 1.34. The third-order valence-corrected chi connectivity index (χ3v) is 1.34. The highest BCUT2D eigenvalue weighted by molar-refractivity contribution is 5.86. The highest BCUT2D eigenvalue weighted by atomic mass is 16.6. The fourth-order valence-electron chi connectivity index (χ4n) is 0.681. The van der Waals surface area contributed by atoms with Gasteiger partial charge in [-0.1, -0.05) is 6.58 Å². The molecule has 5 heteroatoms. The van der Waals surface area contributed by atoms with Crippen molar-refractivity contribution in [3.8, 4) is 0 Å². The SMILES string of the molecule is C=C(C)C(=O)OCCOC(O)/C=C(/C)O. The summed E-state index contributed by atoms with van der Waals surface area (Å²) in [5, 5.41) is 17.8. The summed E-state index contributed by atoms with van der Waals surface area (Å²) in [4.78, 5) is 10.9. The summed E-state index contributed by atoms with van der Waals surface area (Å²) in [5.74, 6) is -0.539. The summed E-state index contributed by atoms with van der Waals surface area (Å²) in [7, 11) is 0. The van der Waals surface area contributed by atoms with Crippen molar-refractivity contribution in [2.24, 2.45) is 0 Å². The zero-order valence-electron chi connectivity index (χ0n) is 8.90. The fraction of sp³-hybridized carbons (Fsp3) is 0.500. The van der Waals surface area contributed by atoms with E-state index < -0.39 is 12.3 Å². The summed E-state index contributed by atoms with van der Waals surface area (Å²) in [6, 6.07) is 0. The van der Waals surface area contributed by atoms with Crippen LogP contribution in [0, 0.1) is 0 Å². The Hall–Kier alpha value is -1.33. The second-order valence-corrected chi connectivity index (χ2v) is 2.99. The number of hydrogen-bond acceptors (Lipinski definition) is 5. The van der Waals surface area contributed by atoms with Crippen LogP contribution in [-0.2, 0) is 14.3 Å². The van der Waals surface area contributed by atoms with E-state index in [0.717, 1.165) is 6.08 Å². The van der Waals surface area contributed by atoms with Crippen molar-refractivity contribution in [2.75, 3.05) is 13.2 Å². The molecule has 0 aromatic carbocycles. The van der Waals surface area contributed by atoms with Crippen LogP contribution in [0.15, 0.2) is 24.0 Å². The molecule has 0 amide bonds. The van der Waals surface area contributed by atoms with Gasteiger partial charge in [-0.3, -0.25) is 0 Å². The molecule has 0 aromatic heterocycles. The van der Waals surface area contributed by atoms with Crippen LogP contribution >= 0.6 is 0 Å². The molecule has 0 aliphatic heterocycles. The molecule has 0 bridgehead atoms. The van der Waals surface area contributed by atoms with Crippen LogP contribution in [0.4, 0.5) is 0 Å². The van der Waals surface area contributed by atoms with Gasteiger partial charge in [0.15, 0.2) is 6.29 Å². The standard InChI is InChI=1S/C10H16O5/c1-7(2)10(13)15-5-4-14-9(12)6-8(3)11/h6,9,11-12H,1,4-5H2,2-3H3/b8-6-. The molecule has 15 heavy (non-hydrogen) atoms. The Bertz CT molecular complexity index is 253. The second kappa shape index (κ2) is 7.03. The molecule has 0 aromatic rings. The van der Waals surface area contributed by atoms with Crippen molar-refractivity contribution >= 4 is 5.97 Å². The van der Waals surface area contributed by atoms with Crippen molar-refractivity contribution in [1.82, 2.24) is 0 Å². The Morgan fingerprint density at radius 3 is 2.53 bits per heavy atom. The molecule has 0 saturated heterocycles. The van der Waals surface area contributed by atoms with E-state index in [-0.39, 0.29) is 19.0 Å². The maximum atomic E-state index is 10.9. The van der Waals surface area contributed by atoms with Gasteiger partial charge >= 0.3 is 5.97 Å². The maximum Gasteiger partial charge on any atom is 0.333 e. The average molecular weight is 216 g/mol. The summed E-state index contributed by atoms with van der Waals surface area (Å²) in [5.41, 5.74) is 0.307. The zero-order valence-corrected chi connectivity index (χ0v) is 8.90. The lowest BCUT2D eigenvalue weighted by Crippen LogP contribution is -2.16. The van der Waals surface area contributed by atoms with Crippen LogP contribution in [0.3, 0.4) is 0 Å². The third kappa shape index (κ3) is 7.72. The van der Waals surface area contributed by atoms with Crippen LogP contribution in [0.1, 0.15) is 13.8 Å². The van der Waals surface area contributed by atoms with Crippen LogP contribution in [-0.4, -0.2) is 35.7 Å². The van der Waals surface area contributed by atoms with Gasteiger partial charge in [-0.05, 0) is 13.8 Å². The molecular weight excluding hydrogens is 200 g/mol. The Morgan fingerprint density at radius 1 is 1.47 bits per heavy atom. The van der Waals surface area contributed by atoms with E-state index in [1.54, 1.807) is 0 Å². The lowest BCUT2D eigenvalue weighted by Gasteiger charge is -2.08. The summed E-state index contributed by atoms with van der Waals surface area (Å²) in [6.07, 6.45) is -0.0702. The van der Waals surface area contributed by atoms with Gasteiger partial charge in [-0.25, -0.2) is 4.79 Å². The second-order valence-electron chi connectivity index (χ2n) is 2.99. The van der Waals surface area contributed by atoms with E-state index in [1.165, 1.54) is 13.8 Å². The van der Waals surface area contributed by atoms with Crippen LogP contribution in [0.25, 0.3) is 0 Å². The van der Waals surface area contributed by atoms with Gasteiger partial charge in [0, 0.05) is 11.6 Å². The molecule has 0 heterocycles. The van der Waals surface area contributed by atoms with E-state index in [9.17, 15) is 4.79 Å². The lowest BCUT2D eigenvalue weighted by atomic mass is 10.4. The minimum absolute atomic E-state index is 0.0288. The lowest BCUT2D eigenvalue weighted by molar-refractivity contribution is -0.143. The van der Waals surface area contributed by atoms with Crippen molar-refractivity contribution < 1.29 is 24.5 Å². The Kier molecular flexibility index (Phi) is 6.40. The number of aliphatic hydroxyl groups is 2. The largest absolute Gasteiger partial charge is 0.513 e. The van der Waals surface area contributed by atoms with E-state index in [4.69, 9.17) is 19.7 Å². The van der Waals surface area contributed by atoms with Crippen LogP contribution in [0.5, 0.6) is 0 Å². The molecule has 0 radical (unpaired) electrons. The molecule has 2 N–H and O–H groups in total. The highest BCUT2D eigenvalue weighted by Gasteiger charge is 2.04. The van der Waals surface area contributed by atoms with E-state index in [2.05, 4.69) is 6.58 Å². The van der Waals surface area contributed by atoms with E-state index in [1.807, 2.05) is 0 Å². The first-order valence-electron chi connectivity index (χ1n) is 4.43. The van der Waals surface area contributed by atoms with E-state index in [0.29, 0.717) is 5.57 Å². The number of aliphatic hydroxyl groups excluding tert-OH is 2.